The van der Waals surface area contributed by atoms with Crippen LogP contribution in [-0.2, 0) is 11.2 Å². The van der Waals surface area contributed by atoms with Gasteiger partial charge in [-0.1, -0.05) is 12.1 Å². The van der Waals surface area contributed by atoms with Crippen LogP contribution in [0.2, 0.25) is 0 Å². The van der Waals surface area contributed by atoms with E-state index in [-0.39, 0.29) is 11.7 Å². The second-order valence-electron chi connectivity index (χ2n) is 5.82. The number of esters is 1. The summed E-state index contributed by atoms with van der Waals surface area (Å²) in [6.45, 7) is 1.76. The third-order valence-electron chi connectivity index (χ3n) is 4.04. The third-order valence-corrected chi connectivity index (χ3v) is 4.04. The van der Waals surface area contributed by atoms with E-state index in [0.717, 1.165) is 22.2 Å². The number of carbonyl (C=O) groups is 2. The maximum Gasteiger partial charge on any atom is 0.308 e. The zero-order chi connectivity index (χ0) is 18.5. The number of ether oxygens (including phenoxy) is 2. The van der Waals surface area contributed by atoms with Gasteiger partial charge in [-0.3, -0.25) is 9.59 Å². The minimum atomic E-state index is -0.460. The number of aromatic nitrogens is 1. The fourth-order valence-electron chi connectivity index (χ4n) is 2.80. The molecule has 26 heavy (non-hydrogen) atoms. The molecule has 1 heterocycles. The van der Waals surface area contributed by atoms with E-state index >= 15 is 0 Å². The molecule has 0 aliphatic carbocycles. The minimum Gasteiger partial charge on any atom is -0.497 e. The van der Waals surface area contributed by atoms with E-state index in [0.29, 0.717) is 18.5 Å². The van der Waals surface area contributed by atoms with Crippen LogP contribution in [0.4, 0.5) is 0 Å². The molecule has 0 atom stereocenters. The number of hydrogen-bond donors (Lipinski definition) is 2. The fourth-order valence-corrected chi connectivity index (χ4v) is 2.80. The highest BCUT2D eigenvalue weighted by molar-refractivity contribution is 5.97. The number of para-hydroxylation sites is 1. The van der Waals surface area contributed by atoms with Crippen molar-refractivity contribution in [2.24, 2.45) is 0 Å². The quantitative estimate of drug-likeness (QED) is 0.528. The van der Waals surface area contributed by atoms with Crippen LogP contribution in [0.25, 0.3) is 10.9 Å². The first-order chi connectivity index (χ1) is 12.6. The van der Waals surface area contributed by atoms with Crippen molar-refractivity contribution >= 4 is 22.8 Å². The molecule has 0 aliphatic rings. The Morgan fingerprint density at radius 3 is 2.73 bits per heavy atom. The van der Waals surface area contributed by atoms with E-state index < -0.39 is 5.97 Å². The SMILES string of the molecule is COc1ccc2[nH]cc(CCNC(=O)c3ccccc3OC(C)=O)c2c1. The van der Waals surface area contributed by atoms with Gasteiger partial charge in [0.25, 0.3) is 5.91 Å². The second-order valence-corrected chi connectivity index (χ2v) is 5.82. The van der Waals surface area contributed by atoms with Crippen LogP contribution in [0, 0.1) is 0 Å². The molecular formula is C20H20N2O4. The molecule has 1 aromatic heterocycles. The lowest BCUT2D eigenvalue weighted by molar-refractivity contribution is -0.131. The molecule has 3 aromatic rings. The van der Waals surface area contributed by atoms with Gasteiger partial charge in [0.15, 0.2) is 0 Å². The van der Waals surface area contributed by atoms with Crippen LogP contribution in [0.15, 0.2) is 48.7 Å². The second kappa shape index (κ2) is 7.74. The summed E-state index contributed by atoms with van der Waals surface area (Å²) in [5, 5.41) is 3.94. The Morgan fingerprint density at radius 2 is 1.96 bits per heavy atom. The summed E-state index contributed by atoms with van der Waals surface area (Å²) in [6, 6.07) is 12.5. The molecule has 3 rings (SSSR count). The molecule has 0 radical (unpaired) electrons. The molecule has 0 saturated heterocycles. The van der Waals surface area contributed by atoms with E-state index in [4.69, 9.17) is 9.47 Å². The molecule has 2 N–H and O–H groups in total. The van der Waals surface area contributed by atoms with Crippen molar-refractivity contribution in [2.75, 3.05) is 13.7 Å². The first kappa shape index (κ1) is 17.5. The van der Waals surface area contributed by atoms with E-state index in [9.17, 15) is 9.59 Å². The van der Waals surface area contributed by atoms with Crippen LogP contribution in [0.3, 0.4) is 0 Å². The maximum absolute atomic E-state index is 12.4. The van der Waals surface area contributed by atoms with Crippen LogP contribution >= 0.6 is 0 Å². The Hall–Kier alpha value is -3.28. The number of aromatic amines is 1. The molecule has 6 nitrogen and oxygen atoms in total. The van der Waals surface area contributed by atoms with Crippen molar-refractivity contribution in [2.45, 2.75) is 13.3 Å². The first-order valence-electron chi connectivity index (χ1n) is 8.28. The monoisotopic (exact) mass is 352 g/mol. The average Bonchev–Trinajstić information content (AvgIpc) is 3.03. The summed E-state index contributed by atoms with van der Waals surface area (Å²) in [5.41, 5.74) is 2.45. The molecule has 0 saturated carbocycles. The minimum absolute atomic E-state index is 0.259. The summed E-state index contributed by atoms with van der Waals surface area (Å²) < 4.78 is 10.4. The van der Waals surface area contributed by atoms with Crippen LogP contribution in [-0.4, -0.2) is 30.5 Å². The molecule has 2 aromatic carbocycles. The van der Waals surface area contributed by atoms with Crippen LogP contribution in [0.1, 0.15) is 22.8 Å². The molecule has 6 heteroatoms. The number of hydrogen-bond acceptors (Lipinski definition) is 4. The summed E-state index contributed by atoms with van der Waals surface area (Å²) in [4.78, 5) is 26.8. The van der Waals surface area contributed by atoms with Gasteiger partial charge in [0.2, 0.25) is 0 Å². The van der Waals surface area contributed by atoms with Gasteiger partial charge < -0.3 is 19.8 Å². The molecule has 134 valence electrons. The van der Waals surface area contributed by atoms with E-state index in [1.807, 2.05) is 24.4 Å². The summed E-state index contributed by atoms with van der Waals surface area (Å²) in [7, 11) is 1.63. The zero-order valence-electron chi connectivity index (χ0n) is 14.7. The fraction of sp³-hybridized carbons (Fsp3) is 0.200. The number of benzene rings is 2. The molecular weight excluding hydrogens is 332 g/mol. The molecule has 0 bridgehead atoms. The van der Waals surface area contributed by atoms with E-state index in [2.05, 4.69) is 10.3 Å². The van der Waals surface area contributed by atoms with Gasteiger partial charge in [0, 0.05) is 30.6 Å². The van der Waals surface area contributed by atoms with Gasteiger partial charge in [-0.05, 0) is 42.3 Å². The van der Waals surface area contributed by atoms with Crippen LogP contribution in [0.5, 0.6) is 11.5 Å². The normalized spacial score (nSPS) is 10.5. The van der Waals surface area contributed by atoms with Gasteiger partial charge in [-0.25, -0.2) is 0 Å². The highest BCUT2D eigenvalue weighted by atomic mass is 16.5. The summed E-state index contributed by atoms with van der Waals surface area (Å²) in [6.07, 6.45) is 2.59. The Morgan fingerprint density at radius 1 is 1.15 bits per heavy atom. The lowest BCUT2D eigenvalue weighted by Crippen LogP contribution is -2.26. The molecule has 0 fully saturated rings. The Bertz CT molecular complexity index is 946. The number of nitrogens with one attached hydrogen (secondary N) is 2. The predicted molar refractivity (Wildman–Crippen MR) is 98.6 cm³/mol. The number of carbonyl (C=O) groups excluding carboxylic acids is 2. The van der Waals surface area contributed by atoms with Crippen molar-refractivity contribution in [3.63, 3.8) is 0 Å². The number of rotatable bonds is 6. The Kier molecular flexibility index (Phi) is 5.22. The lowest BCUT2D eigenvalue weighted by atomic mass is 10.1. The maximum atomic E-state index is 12.4. The van der Waals surface area contributed by atoms with Crippen LogP contribution < -0.4 is 14.8 Å². The smallest absolute Gasteiger partial charge is 0.308 e. The highest BCUT2D eigenvalue weighted by Gasteiger charge is 2.13. The average molecular weight is 352 g/mol. The van der Waals surface area contributed by atoms with Gasteiger partial charge in [0.05, 0.1) is 12.7 Å². The molecule has 0 unspecified atom stereocenters. The molecule has 0 aliphatic heterocycles. The van der Waals surface area contributed by atoms with Crippen molar-refractivity contribution in [1.82, 2.24) is 10.3 Å². The standard InChI is InChI=1S/C20H20N2O4/c1-13(23)26-19-6-4-3-5-16(19)20(24)21-10-9-14-12-22-18-8-7-15(25-2)11-17(14)18/h3-8,11-12,22H,9-10H2,1-2H3,(H,21,24). The van der Waals surface area contributed by atoms with Crippen molar-refractivity contribution in [3.8, 4) is 11.5 Å². The summed E-state index contributed by atoms with van der Waals surface area (Å²) >= 11 is 0. The molecule has 0 spiro atoms. The van der Waals surface area contributed by atoms with Crippen molar-refractivity contribution in [1.29, 1.82) is 0 Å². The number of H-pyrrole nitrogens is 1. The number of fused-ring (bicyclic) bond motifs is 1. The lowest BCUT2D eigenvalue weighted by Gasteiger charge is -2.09. The van der Waals surface area contributed by atoms with E-state index in [1.165, 1.54) is 6.92 Å². The number of methoxy groups -OCH3 is 1. The van der Waals surface area contributed by atoms with Gasteiger partial charge in [-0.15, -0.1) is 0 Å². The molecule has 1 amide bonds. The summed E-state index contributed by atoms with van der Waals surface area (Å²) in [5.74, 6) is 0.310. The van der Waals surface area contributed by atoms with Crippen molar-refractivity contribution in [3.05, 3.63) is 59.8 Å². The van der Waals surface area contributed by atoms with Crippen molar-refractivity contribution < 1.29 is 19.1 Å². The largest absolute Gasteiger partial charge is 0.497 e. The third kappa shape index (κ3) is 3.85. The number of amides is 1. The van der Waals surface area contributed by atoms with Gasteiger partial charge in [-0.2, -0.15) is 0 Å². The van der Waals surface area contributed by atoms with Gasteiger partial charge >= 0.3 is 5.97 Å². The predicted octanol–water partition coefficient (Wildman–Crippen LogP) is 3.07. The zero-order valence-corrected chi connectivity index (χ0v) is 14.7. The topological polar surface area (TPSA) is 80.4 Å². The van der Waals surface area contributed by atoms with E-state index in [1.54, 1.807) is 31.4 Å². The Labute approximate surface area is 151 Å². The highest BCUT2D eigenvalue weighted by Crippen LogP contribution is 2.24. The Balaban J connectivity index is 1.67. The first-order valence-corrected chi connectivity index (χ1v) is 8.28. The van der Waals surface area contributed by atoms with Gasteiger partial charge in [0.1, 0.15) is 11.5 Å².